The SMILES string of the molecule is O=C1Nc2c(Cl)cc3nc(CNCC(O)C4CCCCC4)oc3c2C2(CCCCC2)N1. The molecule has 2 saturated carbocycles. The summed E-state index contributed by atoms with van der Waals surface area (Å²) < 4.78 is 6.21. The highest BCUT2D eigenvalue weighted by Gasteiger charge is 2.44. The minimum Gasteiger partial charge on any atom is -0.439 e. The van der Waals surface area contributed by atoms with E-state index in [9.17, 15) is 9.90 Å². The first-order valence-electron chi connectivity index (χ1n) is 11.7. The molecule has 1 atom stereocenters. The van der Waals surface area contributed by atoms with Gasteiger partial charge in [0.25, 0.3) is 0 Å². The molecule has 4 N–H and O–H groups in total. The quantitative estimate of drug-likeness (QED) is 0.528. The van der Waals surface area contributed by atoms with Gasteiger partial charge in [-0.05, 0) is 37.7 Å². The number of carbonyl (C=O) groups excluding carboxylic acids is 1. The number of carbonyl (C=O) groups is 1. The number of urea groups is 1. The maximum atomic E-state index is 12.4. The van der Waals surface area contributed by atoms with Crippen molar-refractivity contribution in [1.82, 2.24) is 15.6 Å². The standard InChI is InChI=1S/C23H31ClN4O3/c24-15-11-16-21(19-20(15)27-22(30)28-23(19)9-5-2-6-10-23)31-18(26-16)13-25-12-17(29)14-7-3-1-4-8-14/h11,14,17,25,29H,1-10,12-13H2,(H2,27,28,30). The summed E-state index contributed by atoms with van der Waals surface area (Å²) in [6.07, 6.45) is 10.6. The molecule has 7 nitrogen and oxygen atoms in total. The third kappa shape index (κ3) is 4.03. The van der Waals surface area contributed by atoms with Gasteiger partial charge in [-0.25, -0.2) is 9.78 Å². The first-order chi connectivity index (χ1) is 15.1. The van der Waals surface area contributed by atoms with Crippen molar-refractivity contribution in [2.75, 3.05) is 11.9 Å². The van der Waals surface area contributed by atoms with Crippen LogP contribution in [0.1, 0.15) is 75.7 Å². The van der Waals surface area contributed by atoms with Crippen molar-refractivity contribution in [1.29, 1.82) is 0 Å². The van der Waals surface area contributed by atoms with Gasteiger partial charge in [0, 0.05) is 12.1 Å². The second-order valence-corrected chi connectivity index (χ2v) is 9.79. The molecule has 2 aliphatic carbocycles. The minimum absolute atomic E-state index is 0.214. The Balaban J connectivity index is 1.39. The molecule has 1 aliphatic heterocycles. The van der Waals surface area contributed by atoms with Crippen LogP contribution in [-0.2, 0) is 12.1 Å². The molecule has 0 saturated heterocycles. The van der Waals surface area contributed by atoms with E-state index in [4.69, 9.17) is 16.0 Å². The first kappa shape index (κ1) is 21.0. The Kier molecular flexibility index (Phi) is 5.84. The molecule has 2 heterocycles. The number of rotatable bonds is 5. The molecule has 0 bridgehead atoms. The fourth-order valence-electron chi connectivity index (χ4n) is 5.70. The number of hydrogen-bond donors (Lipinski definition) is 4. The van der Waals surface area contributed by atoms with E-state index in [-0.39, 0.29) is 12.1 Å². The van der Waals surface area contributed by atoms with Crippen LogP contribution in [0.3, 0.4) is 0 Å². The maximum Gasteiger partial charge on any atom is 0.319 e. The van der Waals surface area contributed by atoms with E-state index in [1.54, 1.807) is 6.07 Å². The third-order valence-electron chi connectivity index (χ3n) is 7.28. The number of nitrogens with zero attached hydrogens (tertiary/aromatic N) is 1. The Morgan fingerprint density at radius 2 is 1.97 bits per heavy atom. The van der Waals surface area contributed by atoms with Crippen LogP contribution in [-0.4, -0.2) is 28.8 Å². The Morgan fingerprint density at radius 1 is 1.23 bits per heavy atom. The van der Waals surface area contributed by atoms with Crippen LogP contribution in [0.5, 0.6) is 0 Å². The molecule has 168 valence electrons. The monoisotopic (exact) mass is 446 g/mol. The highest BCUT2D eigenvalue weighted by atomic mass is 35.5. The van der Waals surface area contributed by atoms with Gasteiger partial charge in [0.15, 0.2) is 5.58 Å². The predicted molar refractivity (Wildman–Crippen MR) is 120 cm³/mol. The zero-order chi connectivity index (χ0) is 21.4. The van der Waals surface area contributed by atoms with E-state index in [1.807, 2.05) is 0 Å². The molecule has 1 spiro atoms. The third-order valence-corrected chi connectivity index (χ3v) is 7.58. The van der Waals surface area contributed by atoms with E-state index < -0.39 is 5.54 Å². The first-order valence-corrected chi connectivity index (χ1v) is 12.0. The van der Waals surface area contributed by atoms with Crippen LogP contribution < -0.4 is 16.0 Å². The average molecular weight is 447 g/mol. The Bertz CT molecular complexity index is 963. The lowest BCUT2D eigenvalue weighted by Gasteiger charge is -2.42. The minimum atomic E-state index is -0.458. The number of aromatic nitrogens is 1. The molecule has 2 aromatic rings. The van der Waals surface area contributed by atoms with Gasteiger partial charge in [0.05, 0.1) is 28.9 Å². The second kappa shape index (κ2) is 8.60. The number of fused-ring (bicyclic) bond motifs is 4. The molecule has 1 unspecified atom stereocenters. The molecule has 2 amide bonds. The number of aliphatic hydroxyl groups is 1. The van der Waals surface area contributed by atoms with Crippen molar-refractivity contribution in [3.8, 4) is 0 Å². The molecule has 3 aliphatic rings. The predicted octanol–water partition coefficient (Wildman–Crippen LogP) is 4.81. The average Bonchev–Trinajstić information content (AvgIpc) is 3.17. The fraction of sp³-hybridized carbons (Fsp3) is 0.652. The molecule has 5 rings (SSSR count). The number of anilines is 1. The summed E-state index contributed by atoms with van der Waals surface area (Å²) in [5, 5.41) is 20.3. The summed E-state index contributed by atoms with van der Waals surface area (Å²) in [7, 11) is 0. The van der Waals surface area contributed by atoms with Gasteiger partial charge in [-0.2, -0.15) is 0 Å². The normalized spacial score (nSPS) is 22.2. The van der Waals surface area contributed by atoms with E-state index in [1.165, 1.54) is 25.7 Å². The Hall–Kier alpha value is -1.83. The number of aliphatic hydroxyl groups excluding tert-OH is 1. The Morgan fingerprint density at radius 3 is 2.74 bits per heavy atom. The van der Waals surface area contributed by atoms with E-state index in [0.29, 0.717) is 46.7 Å². The number of amides is 2. The Labute approximate surface area is 187 Å². The van der Waals surface area contributed by atoms with Crippen LogP contribution in [0, 0.1) is 5.92 Å². The lowest BCUT2D eigenvalue weighted by atomic mass is 9.74. The lowest BCUT2D eigenvalue weighted by molar-refractivity contribution is 0.0834. The lowest BCUT2D eigenvalue weighted by Crippen LogP contribution is -2.52. The highest BCUT2D eigenvalue weighted by Crippen LogP contribution is 2.48. The smallest absolute Gasteiger partial charge is 0.319 e. The van der Waals surface area contributed by atoms with Crippen molar-refractivity contribution in [2.45, 2.75) is 82.4 Å². The molecule has 1 aromatic carbocycles. The van der Waals surface area contributed by atoms with Gasteiger partial charge in [-0.3, -0.25) is 0 Å². The van der Waals surface area contributed by atoms with Crippen molar-refractivity contribution in [2.24, 2.45) is 5.92 Å². The summed E-state index contributed by atoms with van der Waals surface area (Å²) in [5.41, 5.74) is 2.51. The maximum absolute atomic E-state index is 12.4. The van der Waals surface area contributed by atoms with E-state index in [0.717, 1.165) is 44.1 Å². The summed E-state index contributed by atoms with van der Waals surface area (Å²) in [6.45, 7) is 0.974. The fourth-order valence-corrected chi connectivity index (χ4v) is 5.95. The molecule has 8 heteroatoms. The van der Waals surface area contributed by atoms with E-state index >= 15 is 0 Å². The number of nitrogens with one attached hydrogen (secondary N) is 3. The van der Waals surface area contributed by atoms with E-state index in [2.05, 4.69) is 20.9 Å². The number of hydrogen-bond acceptors (Lipinski definition) is 5. The zero-order valence-corrected chi connectivity index (χ0v) is 18.6. The summed E-state index contributed by atoms with van der Waals surface area (Å²) in [5.74, 6) is 0.953. The van der Waals surface area contributed by atoms with Crippen molar-refractivity contribution >= 4 is 34.4 Å². The molecule has 0 radical (unpaired) electrons. The van der Waals surface area contributed by atoms with Gasteiger partial charge in [-0.1, -0.05) is 50.1 Å². The van der Waals surface area contributed by atoms with Crippen LogP contribution in [0.15, 0.2) is 10.5 Å². The number of benzene rings is 1. The molecule has 1 aromatic heterocycles. The zero-order valence-electron chi connectivity index (χ0n) is 17.8. The summed E-state index contributed by atoms with van der Waals surface area (Å²) in [6, 6.07) is 1.55. The summed E-state index contributed by atoms with van der Waals surface area (Å²) in [4.78, 5) is 17.0. The van der Waals surface area contributed by atoms with Gasteiger partial charge in [0.1, 0.15) is 5.52 Å². The van der Waals surface area contributed by atoms with Crippen molar-refractivity contribution in [3.63, 3.8) is 0 Å². The van der Waals surface area contributed by atoms with Crippen LogP contribution in [0.4, 0.5) is 10.5 Å². The van der Waals surface area contributed by atoms with Gasteiger partial charge >= 0.3 is 6.03 Å². The van der Waals surface area contributed by atoms with Gasteiger partial charge in [-0.15, -0.1) is 0 Å². The topological polar surface area (TPSA) is 99.4 Å². The molecule has 31 heavy (non-hydrogen) atoms. The van der Waals surface area contributed by atoms with Gasteiger partial charge in [0.2, 0.25) is 5.89 Å². The summed E-state index contributed by atoms with van der Waals surface area (Å²) >= 11 is 6.56. The highest BCUT2D eigenvalue weighted by molar-refractivity contribution is 6.35. The number of oxazole rings is 1. The second-order valence-electron chi connectivity index (χ2n) is 9.38. The largest absolute Gasteiger partial charge is 0.439 e. The van der Waals surface area contributed by atoms with Crippen LogP contribution in [0.2, 0.25) is 5.02 Å². The molecular formula is C23H31ClN4O3. The van der Waals surface area contributed by atoms with Crippen LogP contribution >= 0.6 is 11.6 Å². The molecular weight excluding hydrogens is 416 g/mol. The van der Waals surface area contributed by atoms with Crippen molar-refractivity contribution < 1.29 is 14.3 Å². The molecule has 2 fully saturated rings. The van der Waals surface area contributed by atoms with Crippen molar-refractivity contribution in [3.05, 3.63) is 22.5 Å². The number of halogens is 1. The van der Waals surface area contributed by atoms with Gasteiger partial charge < -0.3 is 25.5 Å². The van der Waals surface area contributed by atoms with Crippen LogP contribution in [0.25, 0.3) is 11.1 Å².